The Morgan fingerprint density at radius 2 is 1.91 bits per heavy atom. The van der Waals surface area contributed by atoms with Crippen molar-refractivity contribution >= 4 is 22.4 Å². The second-order valence-electron chi connectivity index (χ2n) is 6.51. The largest absolute Gasteiger partial charge is 0.346 e. The second kappa shape index (κ2) is 6.96. The summed E-state index contributed by atoms with van der Waals surface area (Å²) in [6.45, 7) is 8.77. The van der Waals surface area contributed by atoms with E-state index in [9.17, 15) is 4.79 Å². The van der Waals surface area contributed by atoms with Crippen molar-refractivity contribution < 1.29 is 4.79 Å². The number of hydrogen-bond donors (Lipinski definition) is 0. The van der Waals surface area contributed by atoms with Crippen molar-refractivity contribution in [3.63, 3.8) is 0 Å². The highest BCUT2D eigenvalue weighted by atomic mass is 32.1. The Labute approximate surface area is 136 Å². The summed E-state index contributed by atoms with van der Waals surface area (Å²) in [4.78, 5) is 23.8. The van der Waals surface area contributed by atoms with E-state index in [1.54, 1.807) is 11.3 Å². The number of anilines is 1. The number of rotatable bonds is 3. The lowest BCUT2D eigenvalue weighted by Gasteiger charge is -2.41. The quantitative estimate of drug-likeness (QED) is 0.854. The summed E-state index contributed by atoms with van der Waals surface area (Å²) in [6, 6.07) is 0.792. The molecule has 0 aliphatic carbocycles. The molecule has 5 nitrogen and oxygen atoms in total. The summed E-state index contributed by atoms with van der Waals surface area (Å²) in [5.74, 6) is 0.308. The maximum absolute atomic E-state index is 12.7. The Kier molecular flexibility index (Phi) is 4.98. The van der Waals surface area contributed by atoms with Crippen molar-refractivity contribution in [1.82, 2.24) is 14.8 Å². The van der Waals surface area contributed by atoms with E-state index < -0.39 is 0 Å². The zero-order chi connectivity index (χ0) is 15.5. The van der Waals surface area contributed by atoms with Crippen LogP contribution in [0.25, 0.3) is 0 Å². The third-order valence-electron chi connectivity index (χ3n) is 4.90. The van der Waals surface area contributed by atoms with E-state index >= 15 is 0 Å². The molecule has 0 aromatic carbocycles. The summed E-state index contributed by atoms with van der Waals surface area (Å²) >= 11 is 1.69. The summed E-state index contributed by atoms with van der Waals surface area (Å²) < 4.78 is 0. The van der Waals surface area contributed by atoms with E-state index in [1.807, 2.05) is 11.6 Å². The number of carbonyl (C=O) groups is 1. The van der Waals surface area contributed by atoms with Crippen LogP contribution in [-0.4, -0.2) is 65.5 Å². The molecule has 0 unspecified atom stereocenters. The van der Waals surface area contributed by atoms with Gasteiger partial charge in [-0.3, -0.25) is 9.69 Å². The number of piperidine rings is 1. The highest BCUT2D eigenvalue weighted by Crippen LogP contribution is 2.23. The molecule has 1 aromatic rings. The molecule has 2 saturated heterocycles. The maximum Gasteiger partial charge on any atom is 0.237 e. The zero-order valence-electron chi connectivity index (χ0n) is 13.6. The smallest absolute Gasteiger partial charge is 0.237 e. The van der Waals surface area contributed by atoms with Crippen LogP contribution in [0, 0.1) is 0 Å². The molecule has 122 valence electrons. The first-order chi connectivity index (χ1) is 10.6. The van der Waals surface area contributed by atoms with Crippen LogP contribution in [0.4, 0.5) is 5.13 Å². The monoisotopic (exact) mass is 322 g/mol. The summed E-state index contributed by atoms with van der Waals surface area (Å²) in [6.07, 6.45) is 5.40. The molecule has 1 aromatic heterocycles. The Bertz CT molecular complexity index is 474. The van der Waals surface area contributed by atoms with E-state index in [4.69, 9.17) is 0 Å². The van der Waals surface area contributed by atoms with E-state index in [1.165, 1.54) is 6.42 Å². The van der Waals surface area contributed by atoms with Gasteiger partial charge in [-0.05, 0) is 33.1 Å². The van der Waals surface area contributed by atoms with Crippen LogP contribution >= 0.6 is 11.3 Å². The van der Waals surface area contributed by atoms with Gasteiger partial charge in [0.25, 0.3) is 0 Å². The van der Waals surface area contributed by atoms with Crippen LogP contribution in [0.15, 0.2) is 11.6 Å². The van der Waals surface area contributed by atoms with Gasteiger partial charge in [0.2, 0.25) is 5.91 Å². The topological polar surface area (TPSA) is 39.7 Å². The molecule has 3 heterocycles. The van der Waals surface area contributed by atoms with Crippen molar-refractivity contribution in [2.45, 2.75) is 45.2 Å². The normalized spacial score (nSPS) is 27.2. The standard InChI is InChI=1S/C16H26N4OS/c1-13-4-3-5-14(2)20(13)15(21)12-18-7-9-19(10-8-18)16-17-6-11-22-16/h6,11,13-14H,3-5,7-10,12H2,1-2H3/t13-,14+. The average Bonchev–Trinajstić information content (AvgIpc) is 3.02. The van der Waals surface area contributed by atoms with E-state index in [-0.39, 0.29) is 0 Å². The molecule has 0 spiro atoms. The van der Waals surface area contributed by atoms with Crippen molar-refractivity contribution in [2.24, 2.45) is 0 Å². The third-order valence-corrected chi connectivity index (χ3v) is 5.73. The number of amides is 1. The highest BCUT2D eigenvalue weighted by Gasteiger charge is 2.30. The Hall–Kier alpha value is -1.14. The van der Waals surface area contributed by atoms with Crippen LogP contribution in [0.2, 0.25) is 0 Å². The molecule has 2 fully saturated rings. The van der Waals surface area contributed by atoms with Crippen molar-refractivity contribution in [2.75, 3.05) is 37.6 Å². The first-order valence-electron chi connectivity index (χ1n) is 8.33. The van der Waals surface area contributed by atoms with Crippen molar-refractivity contribution in [3.8, 4) is 0 Å². The maximum atomic E-state index is 12.7. The average molecular weight is 322 g/mol. The first-order valence-corrected chi connectivity index (χ1v) is 9.21. The van der Waals surface area contributed by atoms with Gasteiger partial charge in [-0.2, -0.15) is 0 Å². The molecule has 2 aliphatic rings. The molecule has 0 radical (unpaired) electrons. The van der Waals surface area contributed by atoms with Gasteiger partial charge >= 0.3 is 0 Å². The molecule has 2 aliphatic heterocycles. The number of piperazine rings is 1. The fraction of sp³-hybridized carbons (Fsp3) is 0.750. The summed E-state index contributed by atoms with van der Waals surface area (Å²) in [5.41, 5.74) is 0. The van der Waals surface area contributed by atoms with E-state index in [0.29, 0.717) is 24.5 Å². The Balaban J connectivity index is 1.51. The highest BCUT2D eigenvalue weighted by molar-refractivity contribution is 7.13. The van der Waals surface area contributed by atoms with Crippen LogP contribution < -0.4 is 4.90 Å². The minimum absolute atomic E-state index is 0.308. The van der Waals surface area contributed by atoms with E-state index in [2.05, 4.69) is 33.5 Å². The molecule has 6 heteroatoms. The van der Waals surface area contributed by atoms with Gasteiger partial charge in [-0.1, -0.05) is 0 Å². The molecule has 0 N–H and O–H groups in total. The first kappa shape index (κ1) is 15.7. The molecule has 3 rings (SSSR count). The molecule has 0 bridgehead atoms. The number of likely N-dealkylation sites (tertiary alicyclic amines) is 1. The van der Waals surface area contributed by atoms with Crippen molar-refractivity contribution in [3.05, 3.63) is 11.6 Å². The summed E-state index contributed by atoms with van der Waals surface area (Å²) in [5, 5.41) is 3.12. The molecule has 1 amide bonds. The minimum atomic E-state index is 0.308. The number of thiazole rings is 1. The van der Waals surface area contributed by atoms with E-state index in [0.717, 1.165) is 44.2 Å². The lowest BCUT2D eigenvalue weighted by Crippen LogP contribution is -2.54. The lowest BCUT2D eigenvalue weighted by molar-refractivity contribution is -0.138. The van der Waals surface area contributed by atoms with Gasteiger partial charge < -0.3 is 9.80 Å². The van der Waals surface area contributed by atoms with Crippen molar-refractivity contribution in [1.29, 1.82) is 0 Å². The predicted molar refractivity (Wildman–Crippen MR) is 90.4 cm³/mol. The molecule has 22 heavy (non-hydrogen) atoms. The van der Waals surface area contributed by atoms with Gasteiger partial charge in [0.15, 0.2) is 5.13 Å². The molecule has 0 saturated carbocycles. The minimum Gasteiger partial charge on any atom is -0.346 e. The third kappa shape index (κ3) is 3.43. The number of aromatic nitrogens is 1. The zero-order valence-corrected chi connectivity index (χ0v) is 14.4. The molecular weight excluding hydrogens is 296 g/mol. The van der Waals surface area contributed by atoms with Crippen LogP contribution in [0.5, 0.6) is 0 Å². The molecular formula is C16H26N4OS. The van der Waals surface area contributed by atoms with Crippen LogP contribution in [0.3, 0.4) is 0 Å². The fourth-order valence-corrected chi connectivity index (χ4v) is 4.35. The van der Waals surface area contributed by atoms with Gasteiger partial charge in [0.1, 0.15) is 0 Å². The second-order valence-corrected chi connectivity index (χ2v) is 7.38. The number of nitrogens with zero attached hydrogens (tertiary/aromatic N) is 4. The van der Waals surface area contributed by atoms with Gasteiger partial charge in [-0.15, -0.1) is 11.3 Å². The Morgan fingerprint density at radius 3 is 2.50 bits per heavy atom. The fourth-order valence-electron chi connectivity index (χ4n) is 3.66. The Morgan fingerprint density at radius 1 is 1.23 bits per heavy atom. The van der Waals surface area contributed by atoms with Crippen LogP contribution in [0.1, 0.15) is 33.1 Å². The lowest BCUT2D eigenvalue weighted by atomic mass is 9.97. The molecule has 2 atom stereocenters. The predicted octanol–water partition coefficient (Wildman–Crippen LogP) is 2.05. The SMILES string of the molecule is C[C@@H]1CCC[C@H](C)N1C(=O)CN1CCN(c2nccs2)CC1. The number of carbonyl (C=O) groups excluding carboxylic acids is 1. The summed E-state index contributed by atoms with van der Waals surface area (Å²) in [7, 11) is 0. The van der Waals surface area contributed by atoms with Crippen LogP contribution in [-0.2, 0) is 4.79 Å². The van der Waals surface area contributed by atoms with Gasteiger partial charge in [-0.25, -0.2) is 4.98 Å². The van der Waals surface area contributed by atoms with Gasteiger partial charge in [0.05, 0.1) is 6.54 Å². The number of hydrogen-bond acceptors (Lipinski definition) is 5. The van der Waals surface area contributed by atoms with Gasteiger partial charge in [0, 0.05) is 49.8 Å².